The molecule has 2 aromatic rings. The van der Waals surface area contributed by atoms with Crippen LogP contribution in [-0.4, -0.2) is 40.9 Å². The first-order valence-corrected chi connectivity index (χ1v) is 10.3. The van der Waals surface area contributed by atoms with Crippen molar-refractivity contribution < 1.29 is 0 Å². The maximum atomic E-state index is 5.20. The van der Waals surface area contributed by atoms with E-state index in [9.17, 15) is 0 Å². The molecule has 0 aliphatic carbocycles. The second-order valence-corrected chi connectivity index (χ2v) is 8.01. The third-order valence-corrected chi connectivity index (χ3v) is 6.16. The monoisotopic (exact) mass is 352 g/mol. The van der Waals surface area contributed by atoms with Crippen LogP contribution in [0.15, 0.2) is 18.2 Å². The first kappa shape index (κ1) is 17.6. The summed E-state index contributed by atoms with van der Waals surface area (Å²) in [4.78, 5) is 2.56. The van der Waals surface area contributed by atoms with E-state index in [1.54, 1.807) is 0 Å². The molecule has 0 saturated carbocycles. The normalized spacial score (nSPS) is 19.0. The SMILES string of the molecule is CCN1CCC(c2nn(-c3ccc(C)cc3C)c3c2CCCCN3)CC1. The molecule has 0 bridgehead atoms. The predicted octanol–water partition coefficient (Wildman–Crippen LogP) is 4.44. The lowest BCUT2D eigenvalue weighted by atomic mass is 9.90. The molecule has 1 saturated heterocycles. The third kappa shape index (κ3) is 3.27. The largest absolute Gasteiger partial charge is 0.370 e. The first-order chi connectivity index (χ1) is 12.7. The molecule has 0 atom stereocenters. The van der Waals surface area contributed by atoms with Crippen molar-refractivity contribution in [3.05, 3.63) is 40.6 Å². The lowest BCUT2D eigenvalue weighted by Crippen LogP contribution is -2.33. The molecule has 26 heavy (non-hydrogen) atoms. The molecule has 2 aliphatic heterocycles. The highest BCUT2D eigenvalue weighted by Gasteiger charge is 2.28. The van der Waals surface area contributed by atoms with Gasteiger partial charge in [0.15, 0.2) is 0 Å². The van der Waals surface area contributed by atoms with Crippen molar-refractivity contribution in [3.63, 3.8) is 0 Å². The molecule has 4 nitrogen and oxygen atoms in total. The van der Waals surface area contributed by atoms with E-state index in [-0.39, 0.29) is 0 Å². The number of nitrogens with zero attached hydrogens (tertiary/aromatic N) is 3. The molecule has 0 spiro atoms. The third-order valence-electron chi connectivity index (χ3n) is 6.16. The van der Waals surface area contributed by atoms with Crippen LogP contribution in [0.1, 0.15) is 60.9 Å². The molecule has 1 fully saturated rings. The number of aromatic nitrogens is 2. The zero-order valence-corrected chi connectivity index (χ0v) is 16.5. The molecule has 0 unspecified atom stereocenters. The number of hydrogen-bond acceptors (Lipinski definition) is 3. The van der Waals surface area contributed by atoms with Crippen molar-refractivity contribution >= 4 is 5.82 Å². The van der Waals surface area contributed by atoms with E-state index >= 15 is 0 Å². The first-order valence-electron chi connectivity index (χ1n) is 10.3. The summed E-state index contributed by atoms with van der Waals surface area (Å²) < 4.78 is 2.21. The maximum absolute atomic E-state index is 5.20. The van der Waals surface area contributed by atoms with Crippen LogP contribution in [0, 0.1) is 13.8 Å². The molecule has 0 amide bonds. The topological polar surface area (TPSA) is 33.1 Å². The molecule has 0 radical (unpaired) electrons. The van der Waals surface area contributed by atoms with Crippen molar-refractivity contribution in [2.45, 2.75) is 58.8 Å². The smallest absolute Gasteiger partial charge is 0.133 e. The lowest BCUT2D eigenvalue weighted by Gasteiger charge is -2.30. The van der Waals surface area contributed by atoms with Crippen LogP contribution < -0.4 is 5.32 Å². The van der Waals surface area contributed by atoms with E-state index in [1.807, 2.05) is 0 Å². The average Bonchev–Trinajstić information content (AvgIpc) is 2.83. The molecule has 1 N–H and O–H groups in total. The quantitative estimate of drug-likeness (QED) is 0.887. The molecule has 2 aliphatic rings. The van der Waals surface area contributed by atoms with Gasteiger partial charge in [0.1, 0.15) is 5.82 Å². The summed E-state index contributed by atoms with van der Waals surface area (Å²) in [5.74, 6) is 1.86. The van der Waals surface area contributed by atoms with Gasteiger partial charge in [-0.1, -0.05) is 24.6 Å². The lowest BCUT2D eigenvalue weighted by molar-refractivity contribution is 0.220. The number of fused-ring (bicyclic) bond motifs is 1. The van der Waals surface area contributed by atoms with Crippen LogP contribution in [0.25, 0.3) is 5.69 Å². The minimum absolute atomic E-state index is 0.610. The number of benzene rings is 1. The van der Waals surface area contributed by atoms with Gasteiger partial charge in [0, 0.05) is 18.0 Å². The molecule has 1 aromatic heterocycles. The minimum Gasteiger partial charge on any atom is -0.370 e. The number of rotatable bonds is 3. The van der Waals surface area contributed by atoms with Gasteiger partial charge in [-0.05, 0) is 77.2 Å². The fraction of sp³-hybridized carbons (Fsp3) is 0.591. The van der Waals surface area contributed by atoms with E-state index in [1.165, 1.54) is 79.2 Å². The van der Waals surface area contributed by atoms with Crippen LogP contribution in [-0.2, 0) is 6.42 Å². The molecular formula is C22H32N4. The number of nitrogens with one attached hydrogen (secondary N) is 1. The van der Waals surface area contributed by atoms with E-state index in [0.29, 0.717) is 5.92 Å². The number of anilines is 1. The van der Waals surface area contributed by atoms with Gasteiger partial charge in [-0.3, -0.25) is 0 Å². The summed E-state index contributed by atoms with van der Waals surface area (Å²) in [7, 11) is 0. The van der Waals surface area contributed by atoms with Crippen LogP contribution in [0.2, 0.25) is 0 Å². The molecular weight excluding hydrogens is 320 g/mol. The van der Waals surface area contributed by atoms with Gasteiger partial charge in [0.25, 0.3) is 0 Å². The Kier molecular flexibility index (Phi) is 5.03. The van der Waals surface area contributed by atoms with Gasteiger partial charge < -0.3 is 10.2 Å². The highest BCUT2D eigenvalue weighted by Crippen LogP contribution is 2.36. The molecule has 140 valence electrons. The van der Waals surface area contributed by atoms with Crippen LogP contribution in [0.4, 0.5) is 5.82 Å². The van der Waals surface area contributed by atoms with Gasteiger partial charge >= 0.3 is 0 Å². The van der Waals surface area contributed by atoms with Crippen LogP contribution in [0.5, 0.6) is 0 Å². The fourth-order valence-electron chi connectivity index (χ4n) is 4.60. The van der Waals surface area contributed by atoms with Crippen LogP contribution >= 0.6 is 0 Å². The van der Waals surface area contributed by atoms with E-state index in [0.717, 1.165) is 13.0 Å². The Bertz CT molecular complexity index is 769. The van der Waals surface area contributed by atoms with E-state index < -0.39 is 0 Å². The van der Waals surface area contributed by atoms with Gasteiger partial charge in [-0.25, -0.2) is 4.68 Å². The summed E-state index contributed by atoms with van der Waals surface area (Å²) >= 11 is 0. The number of likely N-dealkylation sites (tertiary alicyclic amines) is 1. The Morgan fingerprint density at radius 1 is 1.15 bits per heavy atom. The van der Waals surface area contributed by atoms with Gasteiger partial charge in [0.2, 0.25) is 0 Å². The molecule has 4 heteroatoms. The Morgan fingerprint density at radius 2 is 1.96 bits per heavy atom. The number of piperidine rings is 1. The van der Waals surface area contributed by atoms with Crippen molar-refractivity contribution in [1.29, 1.82) is 0 Å². The number of aryl methyl sites for hydroxylation is 2. The summed E-state index contributed by atoms with van der Waals surface area (Å²) in [6, 6.07) is 6.69. The average molecular weight is 353 g/mol. The van der Waals surface area contributed by atoms with Crippen LogP contribution in [0.3, 0.4) is 0 Å². The summed E-state index contributed by atoms with van der Waals surface area (Å²) in [5.41, 5.74) is 6.68. The van der Waals surface area contributed by atoms with Crippen molar-refractivity contribution in [2.24, 2.45) is 0 Å². The van der Waals surface area contributed by atoms with Crippen molar-refractivity contribution in [3.8, 4) is 5.69 Å². The van der Waals surface area contributed by atoms with Crippen molar-refractivity contribution in [1.82, 2.24) is 14.7 Å². The zero-order valence-electron chi connectivity index (χ0n) is 16.5. The minimum atomic E-state index is 0.610. The highest BCUT2D eigenvalue weighted by molar-refractivity contribution is 5.57. The van der Waals surface area contributed by atoms with Gasteiger partial charge in [-0.2, -0.15) is 5.10 Å². The molecule has 1 aromatic carbocycles. The molecule has 3 heterocycles. The summed E-state index contributed by atoms with van der Waals surface area (Å²) in [6.45, 7) is 11.3. The second-order valence-electron chi connectivity index (χ2n) is 8.01. The second kappa shape index (κ2) is 7.43. The predicted molar refractivity (Wildman–Crippen MR) is 109 cm³/mol. The van der Waals surface area contributed by atoms with E-state index in [4.69, 9.17) is 5.10 Å². The maximum Gasteiger partial charge on any atom is 0.133 e. The Labute approximate surface area is 157 Å². The Hall–Kier alpha value is -1.81. The standard InChI is InChI=1S/C22H32N4/c1-4-25-13-10-18(11-14-25)21-19-7-5-6-12-23-22(19)26(24-21)20-9-8-16(2)15-17(20)3/h8-9,15,18,23H,4-7,10-14H2,1-3H3. The molecule has 4 rings (SSSR count). The van der Waals surface area contributed by atoms with Gasteiger partial charge in [-0.15, -0.1) is 0 Å². The Morgan fingerprint density at radius 3 is 2.69 bits per heavy atom. The van der Waals surface area contributed by atoms with E-state index in [2.05, 4.69) is 53.9 Å². The Balaban J connectivity index is 1.74. The zero-order chi connectivity index (χ0) is 18.1. The summed E-state index contributed by atoms with van der Waals surface area (Å²) in [6.07, 6.45) is 6.15. The van der Waals surface area contributed by atoms with Crippen molar-refractivity contribution in [2.75, 3.05) is 31.5 Å². The van der Waals surface area contributed by atoms with Gasteiger partial charge in [0.05, 0.1) is 11.4 Å². The number of hydrogen-bond donors (Lipinski definition) is 1. The highest BCUT2D eigenvalue weighted by atomic mass is 15.3. The summed E-state index contributed by atoms with van der Waals surface area (Å²) in [5, 5.41) is 8.91. The fourth-order valence-corrected chi connectivity index (χ4v) is 4.60.